The summed E-state index contributed by atoms with van der Waals surface area (Å²) in [5.74, 6) is 0.955. The van der Waals surface area contributed by atoms with Crippen LogP contribution in [0.2, 0.25) is 0 Å². The summed E-state index contributed by atoms with van der Waals surface area (Å²) in [6.45, 7) is 5.30. The topological polar surface area (TPSA) is 72.4 Å². The van der Waals surface area contributed by atoms with Crippen LogP contribution in [-0.4, -0.2) is 35.1 Å². The summed E-state index contributed by atoms with van der Waals surface area (Å²) in [5, 5.41) is 3.67. The van der Waals surface area contributed by atoms with Gasteiger partial charge < -0.3 is 15.2 Å². The van der Waals surface area contributed by atoms with E-state index in [0.717, 1.165) is 31.4 Å². The zero-order valence-electron chi connectivity index (χ0n) is 11.1. The lowest BCUT2D eigenvalue weighted by molar-refractivity contribution is 0.0517. The molecule has 2 heterocycles. The highest BCUT2D eigenvalue weighted by molar-refractivity contribution is 5.93. The Morgan fingerprint density at radius 2 is 2.44 bits per heavy atom. The first-order valence-corrected chi connectivity index (χ1v) is 6.59. The molecular formula is C13H21N3O2. The Morgan fingerprint density at radius 3 is 3.00 bits per heavy atom. The molecule has 2 N–H and O–H groups in total. The molecule has 1 fully saturated rings. The normalized spacial score (nSPS) is 24.3. The Kier molecular flexibility index (Phi) is 4.01. The van der Waals surface area contributed by atoms with Crippen LogP contribution in [0.5, 0.6) is 0 Å². The highest BCUT2D eigenvalue weighted by Gasteiger charge is 2.32. The van der Waals surface area contributed by atoms with Crippen molar-refractivity contribution in [1.82, 2.24) is 10.1 Å². The predicted molar refractivity (Wildman–Crippen MR) is 68.1 cm³/mol. The Balaban J connectivity index is 2.13. The van der Waals surface area contributed by atoms with Crippen molar-refractivity contribution in [3.63, 3.8) is 0 Å². The van der Waals surface area contributed by atoms with Crippen molar-refractivity contribution in [2.24, 2.45) is 11.7 Å². The van der Waals surface area contributed by atoms with E-state index in [1.807, 2.05) is 11.8 Å². The molecule has 0 saturated carbocycles. The van der Waals surface area contributed by atoms with Crippen molar-refractivity contribution >= 4 is 5.91 Å². The fourth-order valence-corrected chi connectivity index (χ4v) is 2.62. The van der Waals surface area contributed by atoms with Gasteiger partial charge in [0.15, 0.2) is 0 Å². The lowest BCUT2D eigenvalue weighted by Gasteiger charge is -2.38. The molecule has 2 rings (SSSR count). The molecule has 0 radical (unpaired) electrons. The van der Waals surface area contributed by atoms with Crippen LogP contribution in [0.4, 0.5) is 0 Å². The summed E-state index contributed by atoms with van der Waals surface area (Å²) in [4.78, 5) is 14.2. The second-order valence-electron chi connectivity index (χ2n) is 5.02. The number of rotatable bonds is 3. The number of carbonyl (C=O) groups excluding carboxylic acids is 1. The van der Waals surface area contributed by atoms with Crippen LogP contribution in [0.3, 0.4) is 0 Å². The van der Waals surface area contributed by atoms with Crippen molar-refractivity contribution in [3.05, 3.63) is 17.5 Å². The van der Waals surface area contributed by atoms with E-state index in [1.54, 1.807) is 6.20 Å². The van der Waals surface area contributed by atoms with Gasteiger partial charge in [0.1, 0.15) is 0 Å². The van der Waals surface area contributed by atoms with E-state index in [4.69, 9.17) is 10.3 Å². The van der Waals surface area contributed by atoms with Gasteiger partial charge in [0.25, 0.3) is 5.91 Å². The average Bonchev–Trinajstić information content (AvgIpc) is 2.83. The minimum Gasteiger partial charge on any atom is -0.351 e. The van der Waals surface area contributed by atoms with Gasteiger partial charge in [0.2, 0.25) is 5.76 Å². The van der Waals surface area contributed by atoms with Crippen molar-refractivity contribution < 1.29 is 9.32 Å². The molecule has 18 heavy (non-hydrogen) atoms. The number of amides is 1. The molecule has 1 saturated heterocycles. The number of likely N-dealkylation sites (tertiary alicyclic amines) is 1. The smallest absolute Gasteiger partial charge is 0.293 e. The van der Waals surface area contributed by atoms with E-state index >= 15 is 0 Å². The third kappa shape index (κ3) is 2.41. The van der Waals surface area contributed by atoms with Gasteiger partial charge in [-0.1, -0.05) is 18.5 Å². The number of nitrogens with two attached hydrogens (primary N) is 1. The van der Waals surface area contributed by atoms with Crippen LogP contribution in [0.25, 0.3) is 0 Å². The summed E-state index contributed by atoms with van der Waals surface area (Å²) in [7, 11) is 0. The first-order chi connectivity index (χ1) is 8.67. The first-order valence-electron chi connectivity index (χ1n) is 6.59. The van der Waals surface area contributed by atoms with Crippen LogP contribution in [0.1, 0.15) is 42.3 Å². The molecule has 100 valence electrons. The van der Waals surface area contributed by atoms with Crippen molar-refractivity contribution in [2.75, 3.05) is 13.1 Å². The quantitative estimate of drug-likeness (QED) is 0.885. The molecule has 2 atom stereocenters. The van der Waals surface area contributed by atoms with Crippen LogP contribution < -0.4 is 5.73 Å². The molecular weight excluding hydrogens is 230 g/mol. The van der Waals surface area contributed by atoms with E-state index < -0.39 is 0 Å². The van der Waals surface area contributed by atoms with Crippen molar-refractivity contribution in [1.29, 1.82) is 0 Å². The van der Waals surface area contributed by atoms with Gasteiger partial charge in [-0.2, -0.15) is 0 Å². The maximum absolute atomic E-state index is 12.4. The van der Waals surface area contributed by atoms with E-state index in [9.17, 15) is 4.79 Å². The Hall–Kier alpha value is -1.36. The van der Waals surface area contributed by atoms with Gasteiger partial charge in [-0.3, -0.25) is 4.79 Å². The van der Waals surface area contributed by atoms with Crippen molar-refractivity contribution in [2.45, 2.75) is 39.2 Å². The monoisotopic (exact) mass is 251 g/mol. The van der Waals surface area contributed by atoms with Crippen LogP contribution >= 0.6 is 0 Å². The average molecular weight is 251 g/mol. The fourth-order valence-electron chi connectivity index (χ4n) is 2.62. The first kappa shape index (κ1) is 13.1. The summed E-state index contributed by atoms with van der Waals surface area (Å²) >= 11 is 0. The third-order valence-electron chi connectivity index (χ3n) is 3.88. The zero-order valence-corrected chi connectivity index (χ0v) is 11.1. The van der Waals surface area contributed by atoms with Gasteiger partial charge >= 0.3 is 0 Å². The molecule has 1 aliphatic rings. The molecule has 0 bridgehead atoms. The van der Waals surface area contributed by atoms with E-state index in [2.05, 4.69) is 12.1 Å². The van der Waals surface area contributed by atoms with Gasteiger partial charge in [-0.05, 0) is 25.7 Å². The summed E-state index contributed by atoms with van der Waals surface area (Å²) < 4.78 is 5.04. The van der Waals surface area contributed by atoms with E-state index in [0.29, 0.717) is 18.2 Å². The fraction of sp³-hybridized carbons (Fsp3) is 0.692. The summed E-state index contributed by atoms with van der Waals surface area (Å²) in [5.41, 5.74) is 6.59. The molecule has 0 aromatic carbocycles. The summed E-state index contributed by atoms with van der Waals surface area (Å²) in [6.07, 6.45) is 4.77. The molecule has 1 aromatic heterocycles. The molecule has 0 spiro atoms. The molecule has 1 aromatic rings. The number of hydrogen-bond donors (Lipinski definition) is 1. The number of aromatic nitrogens is 1. The Bertz CT molecular complexity index is 416. The lowest BCUT2D eigenvalue weighted by atomic mass is 9.88. The second-order valence-corrected chi connectivity index (χ2v) is 5.02. The highest BCUT2D eigenvalue weighted by atomic mass is 16.5. The molecule has 1 aliphatic heterocycles. The number of nitrogens with zero attached hydrogens (tertiary/aromatic N) is 2. The maximum Gasteiger partial charge on any atom is 0.293 e. The van der Waals surface area contributed by atoms with Gasteiger partial charge in [-0.15, -0.1) is 0 Å². The summed E-state index contributed by atoms with van der Waals surface area (Å²) in [6, 6.07) is 0.126. The lowest BCUT2D eigenvalue weighted by Crippen LogP contribution is -2.49. The van der Waals surface area contributed by atoms with Gasteiger partial charge in [0.05, 0.1) is 6.20 Å². The number of aryl methyl sites for hydroxylation is 1. The highest BCUT2D eigenvalue weighted by Crippen LogP contribution is 2.26. The Morgan fingerprint density at radius 1 is 1.67 bits per heavy atom. The molecule has 2 unspecified atom stereocenters. The SMILES string of the molecule is CCC1CCN(C(=O)c2oncc2C)C(CN)C1. The van der Waals surface area contributed by atoms with Crippen molar-refractivity contribution in [3.8, 4) is 0 Å². The number of hydrogen-bond acceptors (Lipinski definition) is 4. The molecule has 5 nitrogen and oxygen atoms in total. The van der Waals surface area contributed by atoms with E-state index in [1.165, 1.54) is 0 Å². The molecule has 1 amide bonds. The number of piperidine rings is 1. The minimum absolute atomic E-state index is 0.0741. The number of carbonyl (C=O) groups is 1. The third-order valence-corrected chi connectivity index (χ3v) is 3.88. The predicted octanol–water partition coefficient (Wildman–Crippen LogP) is 1.57. The Labute approximate surface area is 107 Å². The minimum atomic E-state index is -0.0741. The van der Waals surface area contributed by atoms with Crippen LogP contribution in [-0.2, 0) is 0 Å². The second kappa shape index (κ2) is 5.52. The molecule has 0 aliphatic carbocycles. The molecule has 5 heteroatoms. The van der Waals surface area contributed by atoms with E-state index in [-0.39, 0.29) is 11.9 Å². The zero-order chi connectivity index (χ0) is 13.1. The van der Waals surface area contributed by atoms with Gasteiger partial charge in [-0.25, -0.2) is 0 Å². The van der Waals surface area contributed by atoms with Crippen LogP contribution in [0, 0.1) is 12.8 Å². The van der Waals surface area contributed by atoms with Crippen LogP contribution in [0.15, 0.2) is 10.7 Å². The van der Waals surface area contributed by atoms with Gasteiger partial charge in [0, 0.05) is 24.7 Å². The standard InChI is InChI=1S/C13H21N3O2/c1-3-10-4-5-16(11(6-10)7-14)13(17)12-9(2)8-15-18-12/h8,10-11H,3-7,14H2,1-2H3. The maximum atomic E-state index is 12.4. The largest absolute Gasteiger partial charge is 0.351 e.